The molecule has 140 valence electrons. The number of ether oxygens (including phenoxy) is 1. The molecule has 1 aliphatic rings. The molecule has 1 aliphatic heterocycles. The van der Waals surface area contributed by atoms with Crippen molar-refractivity contribution in [2.45, 2.75) is 39.7 Å². The number of hydrogen-bond donors (Lipinski definition) is 0. The lowest BCUT2D eigenvalue weighted by Gasteiger charge is -2.29. The van der Waals surface area contributed by atoms with Crippen LogP contribution in [-0.4, -0.2) is 34.3 Å². The van der Waals surface area contributed by atoms with Gasteiger partial charge in [-0.3, -0.25) is 4.79 Å². The van der Waals surface area contributed by atoms with Gasteiger partial charge in [0.05, 0.1) is 11.3 Å². The Labute approximate surface area is 159 Å². The van der Waals surface area contributed by atoms with Gasteiger partial charge in [-0.1, -0.05) is 24.3 Å². The minimum Gasteiger partial charge on any atom is -0.481 e. The second-order valence-corrected chi connectivity index (χ2v) is 7.53. The van der Waals surface area contributed by atoms with Gasteiger partial charge >= 0.3 is 0 Å². The lowest BCUT2D eigenvalue weighted by molar-refractivity contribution is 0.0822. The fraction of sp³-hybridized carbons (Fsp3) is 0.364. The number of carbonyl (C=O) groups is 1. The summed E-state index contributed by atoms with van der Waals surface area (Å²) in [6, 6.07) is 8.33. The van der Waals surface area contributed by atoms with E-state index >= 15 is 0 Å². The van der Waals surface area contributed by atoms with Crippen molar-refractivity contribution in [3.05, 3.63) is 64.1 Å². The highest BCUT2D eigenvalue weighted by Crippen LogP contribution is 2.40. The first-order chi connectivity index (χ1) is 12.9. The van der Waals surface area contributed by atoms with Crippen molar-refractivity contribution in [1.29, 1.82) is 0 Å². The standard InChI is InChI=1S/C22H25N3O2/c1-13-8-6-7-9-16(13)19-11-10-17-18(22(26)24(4)5)12-25-15(3)14(2)23-21(25)20(17)27-19/h6-9,12,19H,10-11H2,1-5H3/t19-/m0/s1. The Morgan fingerprint density at radius 3 is 2.67 bits per heavy atom. The van der Waals surface area contributed by atoms with Crippen molar-refractivity contribution in [1.82, 2.24) is 14.3 Å². The van der Waals surface area contributed by atoms with Gasteiger partial charge in [-0.15, -0.1) is 0 Å². The fourth-order valence-corrected chi connectivity index (χ4v) is 3.85. The van der Waals surface area contributed by atoms with Crippen LogP contribution in [0.15, 0.2) is 30.5 Å². The van der Waals surface area contributed by atoms with Crippen molar-refractivity contribution < 1.29 is 9.53 Å². The minimum atomic E-state index is -0.0236. The Kier molecular flexibility index (Phi) is 4.17. The molecule has 0 saturated carbocycles. The van der Waals surface area contributed by atoms with Crippen LogP contribution in [0.3, 0.4) is 0 Å². The molecule has 1 amide bonds. The van der Waals surface area contributed by atoms with E-state index in [1.165, 1.54) is 11.1 Å². The van der Waals surface area contributed by atoms with Crippen LogP contribution in [0.2, 0.25) is 0 Å². The summed E-state index contributed by atoms with van der Waals surface area (Å²) >= 11 is 0. The zero-order valence-corrected chi connectivity index (χ0v) is 16.5. The van der Waals surface area contributed by atoms with Gasteiger partial charge in [0.15, 0.2) is 11.4 Å². The zero-order chi connectivity index (χ0) is 19.3. The summed E-state index contributed by atoms with van der Waals surface area (Å²) in [5, 5.41) is 0. The smallest absolute Gasteiger partial charge is 0.255 e. The molecule has 0 bridgehead atoms. The highest BCUT2D eigenvalue weighted by atomic mass is 16.5. The minimum absolute atomic E-state index is 0.00292. The molecule has 1 atom stereocenters. The van der Waals surface area contributed by atoms with E-state index in [1.54, 1.807) is 19.0 Å². The Morgan fingerprint density at radius 1 is 1.22 bits per heavy atom. The summed E-state index contributed by atoms with van der Waals surface area (Å²) in [6.45, 7) is 6.12. The molecular formula is C22H25N3O2. The van der Waals surface area contributed by atoms with Crippen molar-refractivity contribution >= 4 is 11.6 Å². The first-order valence-electron chi connectivity index (χ1n) is 9.33. The Bertz CT molecular complexity index is 1050. The number of rotatable bonds is 2. The van der Waals surface area contributed by atoms with E-state index in [0.717, 1.165) is 41.2 Å². The van der Waals surface area contributed by atoms with Crippen LogP contribution in [0.5, 0.6) is 5.75 Å². The highest BCUT2D eigenvalue weighted by molar-refractivity contribution is 5.96. The fourth-order valence-electron chi connectivity index (χ4n) is 3.85. The number of aryl methyl sites for hydroxylation is 3. The van der Waals surface area contributed by atoms with Gasteiger partial charge < -0.3 is 14.0 Å². The summed E-state index contributed by atoms with van der Waals surface area (Å²) < 4.78 is 8.49. The number of hydrogen-bond acceptors (Lipinski definition) is 3. The summed E-state index contributed by atoms with van der Waals surface area (Å²) in [5.41, 5.74) is 6.87. The van der Waals surface area contributed by atoms with E-state index in [-0.39, 0.29) is 12.0 Å². The molecule has 0 N–H and O–H groups in total. The van der Waals surface area contributed by atoms with Crippen LogP contribution >= 0.6 is 0 Å². The molecule has 2 aromatic heterocycles. The largest absolute Gasteiger partial charge is 0.481 e. The van der Waals surface area contributed by atoms with E-state index in [0.29, 0.717) is 5.56 Å². The first kappa shape index (κ1) is 17.6. The number of nitrogens with zero attached hydrogens (tertiary/aromatic N) is 3. The molecule has 3 heterocycles. The van der Waals surface area contributed by atoms with E-state index in [9.17, 15) is 4.79 Å². The van der Waals surface area contributed by atoms with Gasteiger partial charge in [0.1, 0.15) is 6.10 Å². The van der Waals surface area contributed by atoms with Crippen molar-refractivity contribution in [2.24, 2.45) is 0 Å². The van der Waals surface area contributed by atoms with E-state index in [4.69, 9.17) is 9.72 Å². The molecule has 4 rings (SSSR count). The molecule has 5 heteroatoms. The van der Waals surface area contributed by atoms with Crippen LogP contribution in [-0.2, 0) is 6.42 Å². The third kappa shape index (κ3) is 2.78. The van der Waals surface area contributed by atoms with Gasteiger partial charge in [-0.2, -0.15) is 0 Å². The Balaban J connectivity index is 1.91. The normalized spacial score (nSPS) is 16.1. The second kappa shape index (κ2) is 6.41. The Hall–Kier alpha value is -2.82. The molecule has 0 spiro atoms. The maximum atomic E-state index is 12.8. The number of aromatic nitrogens is 2. The Morgan fingerprint density at radius 2 is 1.96 bits per heavy atom. The van der Waals surface area contributed by atoms with Crippen LogP contribution in [0.4, 0.5) is 0 Å². The summed E-state index contributed by atoms with van der Waals surface area (Å²) in [4.78, 5) is 19.2. The molecule has 1 aromatic carbocycles. The van der Waals surface area contributed by atoms with Crippen molar-refractivity contribution in [3.63, 3.8) is 0 Å². The summed E-state index contributed by atoms with van der Waals surface area (Å²) in [7, 11) is 3.56. The maximum Gasteiger partial charge on any atom is 0.255 e. The number of fused-ring (bicyclic) bond motifs is 3. The molecule has 0 fully saturated rings. The molecular weight excluding hydrogens is 338 g/mol. The number of carbonyl (C=O) groups excluding carboxylic acids is 1. The van der Waals surface area contributed by atoms with Crippen molar-refractivity contribution in [3.8, 4) is 5.75 Å². The van der Waals surface area contributed by atoms with Gasteiger partial charge in [0, 0.05) is 31.5 Å². The third-order valence-electron chi connectivity index (χ3n) is 5.54. The van der Waals surface area contributed by atoms with E-state index in [1.807, 2.05) is 36.6 Å². The number of amides is 1. The van der Waals surface area contributed by atoms with Crippen LogP contribution < -0.4 is 4.74 Å². The molecule has 27 heavy (non-hydrogen) atoms. The zero-order valence-electron chi connectivity index (χ0n) is 16.5. The third-order valence-corrected chi connectivity index (χ3v) is 5.54. The van der Waals surface area contributed by atoms with Crippen LogP contribution in [0.1, 0.15) is 51.0 Å². The predicted molar refractivity (Wildman–Crippen MR) is 106 cm³/mol. The van der Waals surface area contributed by atoms with Gasteiger partial charge in [0.25, 0.3) is 5.91 Å². The van der Waals surface area contributed by atoms with Crippen LogP contribution in [0, 0.1) is 20.8 Å². The molecule has 0 saturated heterocycles. The average Bonchev–Trinajstić information content (AvgIpc) is 2.95. The van der Waals surface area contributed by atoms with E-state index in [2.05, 4.69) is 19.1 Å². The molecule has 0 radical (unpaired) electrons. The van der Waals surface area contributed by atoms with Gasteiger partial charge in [0.2, 0.25) is 0 Å². The topological polar surface area (TPSA) is 46.8 Å². The van der Waals surface area contributed by atoms with E-state index < -0.39 is 0 Å². The molecule has 0 aliphatic carbocycles. The predicted octanol–water partition coefficient (Wildman–Crippen LogP) is 4.03. The number of pyridine rings is 1. The number of imidazole rings is 1. The molecule has 5 nitrogen and oxygen atoms in total. The molecule has 0 unspecified atom stereocenters. The lowest BCUT2D eigenvalue weighted by Crippen LogP contribution is -2.26. The summed E-state index contributed by atoms with van der Waals surface area (Å²) in [6.07, 6.45) is 3.54. The monoisotopic (exact) mass is 363 g/mol. The first-order valence-corrected chi connectivity index (χ1v) is 9.33. The van der Waals surface area contributed by atoms with Gasteiger partial charge in [-0.25, -0.2) is 4.98 Å². The van der Waals surface area contributed by atoms with Gasteiger partial charge in [-0.05, 0) is 44.7 Å². The maximum absolute atomic E-state index is 12.8. The lowest BCUT2D eigenvalue weighted by atomic mass is 9.93. The average molecular weight is 363 g/mol. The summed E-state index contributed by atoms with van der Waals surface area (Å²) in [5.74, 6) is 0.746. The SMILES string of the molecule is Cc1ccccc1[C@@H]1CCc2c(C(=O)N(C)C)cn3c(C)c(C)nc3c2O1. The van der Waals surface area contributed by atoms with Crippen LogP contribution in [0.25, 0.3) is 5.65 Å². The second-order valence-electron chi connectivity index (χ2n) is 7.53. The molecule has 3 aromatic rings. The highest BCUT2D eigenvalue weighted by Gasteiger charge is 2.30. The number of benzene rings is 1. The van der Waals surface area contributed by atoms with Crippen molar-refractivity contribution in [2.75, 3.05) is 14.1 Å². The quantitative estimate of drug-likeness (QED) is 0.691.